The lowest BCUT2D eigenvalue weighted by molar-refractivity contribution is 0.0416. The lowest BCUT2D eigenvalue weighted by Crippen LogP contribution is -2.43. The fourth-order valence-corrected chi connectivity index (χ4v) is 2.07. The van der Waals surface area contributed by atoms with Crippen LogP contribution in [-0.4, -0.2) is 29.4 Å². The first-order valence-corrected chi connectivity index (χ1v) is 7.24. The normalized spacial score (nSPS) is 14.4. The van der Waals surface area contributed by atoms with E-state index in [9.17, 15) is 9.90 Å². The topological polar surface area (TPSA) is 84.6 Å². The van der Waals surface area contributed by atoms with Gasteiger partial charge in [-0.3, -0.25) is 0 Å². The molecule has 0 heterocycles. The summed E-state index contributed by atoms with van der Waals surface area (Å²) in [6.07, 6.45) is -1.06. The van der Waals surface area contributed by atoms with Crippen molar-refractivity contribution in [3.63, 3.8) is 0 Å². The molecule has 0 aromatic heterocycles. The molecule has 21 heavy (non-hydrogen) atoms. The number of nitrogens with one attached hydrogen (secondary N) is 1. The number of benzene rings is 1. The second-order valence-corrected chi connectivity index (χ2v) is 6.27. The van der Waals surface area contributed by atoms with Crippen LogP contribution in [0.4, 0.5) is 4.79 Å². The lowest BCUT2D eigenvalue weighted by Gasteiger charge is -2.26. The van der Waals surface area contributed by atoms with Crippen LogP contribution < -0.4 is 11.1 Å². The number of carbonyl (C=O) groups excluding carboxylic acids is 1. The van der Waals surface area contributed by atoms with E-state index in [1.165, 1.54) is 0 Å². The van der Waals surface area contributed by atoms with Crippen LogP contribution in [0.25, 0.3) is 0 Å². The monoisotopic (exact) mass is 314 g/mol. The number of halogens is 1. The van der Waals surface area contributed by atoms with Crippen LogP contribution in [0.3, 0.4) is 0 Å². The van der Waals surface area contributed by atoms with Crippen molar-refractivity contribution in [3.8, 4) is 0 Å². The van der Waals surface area contributed by atoms with Crippen LogP contribution >= 0.6 is 11.6 Å². The summed E-state index contributed by atoms with van der Waals surface area (Å²) in [5.74, 6) is 0. The molecule has 0 radical (unpaired) electrons. The minimum absolute atomic E-state index is 0.331. The van der Waals surface area contributed by atoms with Crippen LogP contribution in [0.2, 0.25) is 5.02 Å². The molecule has 4 N–H and O–H groups in total. The van der Waals surface area contributed by atoms with E-state index in [0.717, 1.165) is 0 Å². The second-order valence-electron chi connectivity index (χ2n) is 5.83. The van der Waals surface area contributed by atoms with Gasteiger partial charge in [0.1, 0.15) is 5.60 Å². The number of carbonyl (C=O) groups is 1. The van der Waals surface area contributed by atoms with Crippen molar-refractivity contribution >= 4 is 17.7 Å². The number of aliphatic hydroxyl groups excluding tert-OH is 1. The second kappa shape index (κ2) is 7.64. The molecule has 0 saturated heterocycles. The predicted molar refractivity (Wildman–Crippen MR) is 83.2 cm³/mol. The summed E-state index contributed by atoms with van der Waals surface area (Å²) in [5.41, 5.74) is 5.57. The van der Waals surface area contributed by atoms with Crippen molar-refractivity contribution in [2.24, 2.45) is 5.73 Å². The number of amides is 1. The highest BCUT2D eigenvalue weighted by Crippen LogP contribution is 2.22. The standard InChI is InChI=1S/C15H23ClN2O3/c1-15(2,3)21-14(20)18-12(7-8-17)13(19)10-5-4-6-11(16)9-10/h4-6,9,12-13,19H,7-8,17H2,1-3H3,(H,18,20). The van der Waals surface area contributed by atoms with E-state index in [0.29, 0.717) is 23.6 Å². The number of hydrogen-bond donors (Lipinski definition) is 3. The lowest BCUT2D eigenvalue weighted by atomic mass is 10.00. The Hall–Kier alpha value is -1.30. The van der Waals surface area contributed by atoms with Crippen LogP contribution in [0, 0.1) is 0 Å². The average Bonchev–Trinajstić information content (AvgIpc) is 2.35. The van der Waals surface area contributed by atoms with E-state index in [2.05, 4.69) is 5.32 Å². The molecule has 118 valence electrons. The number of ether oxygens (including phenoxy) is 1. The zero-order valence-corrected chi connectivity index (χ0v) is 13.4. The maximum absolute atomic E-state index is 11.8. The molecule has 0 aliphatic heterocycles. The number of hydrogen-bond acceptors (Lipinski definition) is 4. The largest absolute Gasteiger partial charge is 0.444 e. The van der Waals surface area contributed by atoms with Gasteiger partial charge in [-0.25, -0.2) is 4.79 Å². The third-order valence-electron chi connectivity index (χ3n) is 2.75. The van der Waals surface area contributed by atoms with Gasteiger partial charge in [0.15, 0.2) is 0 Å². The van der Waals surface area contributed by atoms with E-state index in [1.54, 1.807) is 45.0 Å². The van der Waals surface area contributed by atoms with Crippen molar-refractivity contribution in [3.05, 3.63) is 34.9 Å². The van der Waals surface area contributed by atoms with Gasteiger partial charge >= 0.3 is 6.09 Å². The van der Waals surface area contributed by atoms with Gasteiger partial charge in [-0.05, 0) is 51.4 Å². The fraction of sp³-hybridized carbons (Fsp3) is 0.533. The Morgan fingerprint density at radius 3 is 2.67 bits per heavy atom. The summed E-state index contributed by atoms with van der Waals surface area (Å²) < 4.78 is 5.20. The summed E-state index contributed by atoms with van der Waals surface area (Å²) in [6.45, 7) is 5.66. The average molecular weight is 315 g/mol. The Morgan fingerprint density at radius 1 is 1.48 bits per heavy atom. The molecule has 0 saturated carbocycles. The molecule has 0 fully saturated rings. The smallest absolute Gasteiger partial charge is 0.407 e. The molecular weight excluding hydrogens is 292 g/mol. The van der Waals surface area contributed by atoms with E-state index in [1.807, 2.05) is 0 Å². The molecule has 2 atom stereocenters. The number of aliphatic hydroxyl groups is 1. The zero-order valence-electron chi connectivity index (χ0n) is 12.6. The summed E-state index contributed by atoms with van der Waals surface area (Å²) in [6, 6.07) is 6.33. The minimum Gasteiger partial charge on any atom is -0.444 e. The first-order chi connectivity index (χ1) is 9.73. The number of rotatable bonds is 5. The first kappa shape index (κ1) is 17.8. The van der Waals surface area contributed by atoms with Gasteiger partial charge in [-0.2, -0.15) is 0 Å². The Morgan fingerprint density at radius 2 is 2.14 bits per heavy atom. The summed E-state index contributed by atoms with van der Waals surface area (Å²) >= 11 is 5.92. The van der Waals surface area contributed by atoms with E-state index in [4.69, 9.17) is 22.1 Å². The first-order valence-electron chi connectivity index (χ1n) is 6.86. The van der Waals surface area contributed by atoms with E-state index < -0.39 is 23.8 Å². The minimum atomic E-state index is -0.903. The van der Waals surface area contributed by atoms with Crippen molar-refractivity contribution in [1.82, 2.24) is 5.32 Å². The van der Waals surface area contributed by atoms with Gasteiger partial charge in [0.2, 0.25) is 0 Å². The molecular formula is C15H23ClN2O3. The number of nitrogens with two attached hydrogens (primary N) is 1. The van der Waals surface area contributed by atoms with Gasteiger partial charge in [-0.15, -0.1) is 0 Å². The van der Waals surface area contributed by atoms with Crippen molar-refractivity contribution in [2.45, 2.75) is 44.9 Å². The zero-order chi connectivity index (χ0) is 16.0. The third-order valence-corrected chi connectivity index (χ3v) is 2.99. The van der Waals surface area contributed by atoms with Gasteiger partial charge in [0.25, 0.3) is 0 Å². The van der Waals surface area contributed by atoms with Gasteiger partial charge in [0, 0.05) is 5.02 Å². The molecule has 1 rings (SSSR count). The van der Waals surface area contributed by atoms with Crippen molar-refractivity contribution in [1.29, 1.82) is 0 Å². The molecule has 0 spiro atoms. The predicted octanol–water partition coefficient (Wildman–Crippen LogP) is 2.62. The summed E-state index contributed by atoms with van der Waals surface area (Å²) in [4.78, 5) is 11.8. The van der Waals surface area contributed by atoms with Crippen LogP contribution in [0.5, 0.6) is 0 Å². The summed E-state index contributed by atoms with van der Waals surface area (Å²) in [5, 5.41) is 13.6. The van der Waals surface area contributed by atoms with Gasteiger partial charge in [0.05, 0.1) is 12.1 Å². The molecule has 1 amide bonds. The Labute approximate surface area is 130 Å². The van der Waals surface area contributed by atoms with Crippen LogP contribution in [-0.2, 0) is 4.74 Å². The maximum Gasteiger partial charge on any atom is 0.407 e. The van der Waals surface area contributed by atoms with Crippen molar-refractivity contribution in [2.75, 3.05) is 6.54 Å². The molecule has 0 aliphatic rings. The van der Waals surface area contributed by atoms with Crippen LogP contribution in [0.15, 0.2) is 24.3 Å². The molecule has 5 nitrogen and oxygen atoms in total. The number of alkyl carbamates (subject to hydrolysis) is 1. The Kier molecular flexibility index (Phi) is 6.45. The SMILES string of the molecule is CC(C)(C)OC(=O)NC(CCN)C(O)c1cccc(Cl)c1. The maximum atomic E-state index is 11.8. The fourth-order valence-electron chi connectivity index (χ4n) is 1.87. The van der Waals surface area contributed by atoms with E-state index >= 15 is 0 Å². The van der Waals surface area contributed by atoms with Gasteiger partial charge < -0.3 is 20.9 Å². The molecule has 0 aliphatic carbocycles. The highest BCUT2D eigenvalue weighted by Gasteiger charge is 2.25. The van der Waals surface area contributed by atoms with Crippen molar-refractivity contribution < 1.29 is 14.6 Å². The molecule has 1 aromatic rings. The highest BCUT2D eigenvalue weighted by atomic mass is 35.5. The molecule has 0 bridgehead atoms. The molecule has 6 heteroatoms. The molecule has 2 unspecified atom stereocenters. The highest BCUT2D eigenvalue weighted by molar-refractivity contribution is 6.30. The Balaban J connectivity index is 2.78. The van der Waals surface area contributed by atoms with E-state index in [-0.39, 0.29) is 0 Å². The summed E-state index contributed by atoms with van der Waals surface area (Å²) in [7, 11) is 0. The van der Waals surface area contributed by atoms with Gasteiger partial charge in [-0.1, -0.05) is 23.7 Å². The Bertz CT molecular complexity index is 474. The molecule has 1 aromatic carbocycles. The quantitative estimate of drug-likeness (QED) is 0.780. The van der Waals surface area contributed by atoms with Crippen LogP contribution in [0.1, 0.15) is 38.9 Å². The third kappa shape index (κ3) is 6.33.